The van der Waals surface area contributed by atoms with Crippen molar-refractivity contribution in [3.05, 3.63) is 185 Å². The zero-order valence-corrected chi connectivity index (χ0v) is 27.2. The third-order valence-corrected chi connectivity index (χ3v) is 9.55. The molecule has 0 radical (unpaired) electrons. The highest BCUT2D eigenvalue weighted by atomic mass is 16.5. The number of imidazole rings is 1. The van der Waals surface area contributed by atoms with E-state index in [2.05, 4.69) is 82.5 Å². The summed E-state index contributed by atoms with van der Waals surface area (Å²) in [5.41, 5.74) is 8.73. The number of nitrogens with zero attached hydrogens (tertiary/aromatic N) is 2. The predicted molar refractivity (Wildman–Crippen MR) is 190 cm³/mol. The van der Waals surface area contributed by atoms with Crippen molar-refractivity contribution >= 4 is 12.1 Å². The van der Waals surface area contributed by atoms with E-state index in [1.807, 2.05) is 79.1 Å². The SMILES string of the molecule is Cc1ccc(C(c2ccccc2)(c2ccccc2)n2cncc2CCC(NC(=O)OCC2c3ccccc3-c3ccccc32)C(=O)O)cc1. The number of aryl methyl sites for hydroxylation is 2. The molecule has 1 amide bonds. The molecule has 7 rings (SSSR count). The minimum atomic E-state index is -1.17. The molecular weight excluding hydrogens is 610 g/mol. The number of carbonyl (C=O) groups is 2. The standard InChI is InChI=1S/C42H37N3O4/c1-29-20-22-32(23-21-29)42(30-12-4-2-5-13-30,31-14-6-3-7-15-31)45-28-43-26-33(45)24-25-39(40(46)47)44-41(48)49-27-38-36-18-10-8-16-34(36)35-17-9-11-19-37(35)38/h2-23,26,28,38-39H,24-25,27H2,1H3,(H,44,48)(H,46,47). The van der Waals surface area contributed by atoms with E-state index in [1.54, 1.807) is 6.20 Å². The lowest BCUT2D eigenvalue weighted by atomic mass is 9.76. The van der Waals surface area contributed by atoms with Gasteiger partial charge in [-0.3, -0.25) is 0 Å². The minimum absolute atomic E-state index is 0.103. The van der Waals surface area contributed by atoms with Crippen LogP contribution in [0.4, 0.5) is 4.79 Å². The number of amides is 1. The third-order valence-electron chi connectivity index (χ3n) is 9.55. The summed E-state index contributed by atoms with van der Waals surface area (Å²) in [6, 6.07) is 44.0. The Balaban J connectivity index is 1.14. The molecule has 49 heavy (non-hydrogen) atoms. The summed E-state index contributed by atoms with van der Waals surface area (Å²) in [7, 11) is 0. The van der Waals surface area contributed by atoms with Gasteiger partial charge in [0.2, 0.25) is 0 Å². The largest absolute Gasteiger partial charge is 0.480 e. The Hall–Kier alpha value is -5.95. The molecule has 0 saturated heterocycles. The maximum absolute atomic E-state index is 13.1. The summed E-state index contributed by atoms with van der Waals surface area (Å²) in [5.74, 6) is -1.25. The van der Waals surface area contributed by atoms with Gasteiger partial charge in [-0.05, 0) is 58.7 Å². The maximum Gasteiger partial charge on any atom is 0.407 e. The van der Waals surface area contributed by atoms with Gasteiger partial charge in [0.05, 0.1) is 6.33 Å². The number of carboxylic acids is 1. The molecule has 1 aliphatic rings. The van der Waals surface area contributed by atoms with Crippen LogP contribution in [0.2, 0.25) is 0 Å². The molecule has 1 unspecified atom stereocenters. The van der Waals surface area contributed by atoms with Crippen LogP contribution in [-0.4, -0.2) is 39.4 Å². The van der Waals surface area contributed by atoms with Crippen LogP contribution < -0.4 is 5.32 Å². The van der Waals surface area contributed by atoms with E-state index in [9.17, 15) is 14.7 Å². The van der Waals surface area contributed by atoms with Crippen LogP contribution in [0.15, 0.2) is 146 Å². The van der Waals surface area contributed by atoms with E-state index < -0.39 is 23.6 Å². The quantitative estimate of drug-likeness (QED) is 0.139. The van der Waals surface area contributed by atoms with E-state index in [4.69, 9.17) is 4.74 Å². The van der Waals surface area contributed by atoms with Crippen LogP contribution in [0.5, 0.6) is 0 Å². The lowest BCUT2D eigenvalue weighted by molar-refractivity contribution is -0.139. The summed E-state index contributed by atoms with van der Waals surface area (Å²) in [6.07, 6.45) is 3.31. The van der Waals surface area contributed by atoms with Crippen LogP contribution in [0.1, 0.15) is 51.4 Å². The second kappa shape index (κ2) is 13.6. The highest BCUT2D eigenvalue weighted by Gasteiger charge is 2.40. The van der Waals surface area contributed by atoms with Gasteiger partial charge in [0.25, 0.3) is 0 Å². The molecule has 5 aromatic carbocycles. The van der Waals surface area contributed by atoms with Gasteiger partial charge in [0.15, 0.2) is 0 Å². The fraction of sp³-hybridized carbons (Fsp3) is 0.167. The van der Waals surface area contributed by atoms with Crippen molar-refractivity contribution in [1.82, 2.24) is 14.9 Å². The van der Waals surface area contributed by atoms with Crippen molar-refractivity contribution in [3.63, 3.8) is 0 Å². The Morgan fingerprint density at radius 1 is 0.776 bits per heavy atom. The zero-order valence-electron chi connectivity index (χ0n) is 27.2. The molecular formula is C42H37N3O4. The number of hydrogen-bond donors (Lipinski definition) is 2. The molecule has 7 heteroatoms. The van der Waals surface area contributed by atoms with Crippen molar-refractivity contribution in [1.29, 1.82) is 0 Å². The monoisotopic (exact) mass is 647 g/mol. The second-order valence-corrected chi connectivity index (χ2v) is 12.5. The van der Waals surface area contributed by atoms with Gasteiger partial charge >= 0.3 is 12.1 Å². The van der Waals surface area contributed by atoms with Gasteiger partial charge in [-0.15, -0.1) is 0 Å². The minimum Gasteiger partial charge on any atom is -0.480 e. The number of nitrogens with one attached hydrogen (secondary N) is 1. The van der Waals surface area contributed by atoms with Gasteiger partial charge in [-0.2, -0.15) is 0 Å². The summed E-state index contributed by atoms with van der Waals surface area (Å²) < 4.78 is 7.82. The third kappa shape index (κ3) is 6.00. The summed E-state index contributed by atoms with van der Waals surface area (Å²) in [6.45, 7) is 2.17. The summed E-state index contributed by atoms with van der Waals surface area (Å²) in [5, 5.41) is 12.8. The van der Waals surface area contributed by atoms with Gasteiger partial charge < -0.3 is 19.7 Å². The molecule has 0 bridgehead atoms. The van der Waals surface area contributed by atoms with Crippen LogP contribution in [0, 0.1) is 6.92 Å². The molecule has 2 N–H and O–H groups in total. The van der Waals surface area contributed by atoms with Crippen molar-refractivity contribution in [3.8, 4) is 11.1 Å². The van der Waals surface area contributed by atoms with E-state index in [0.717, 1.165) is 50.2 Å². The molecule has 0 saturated carbocycles. The smallest absolute Gasteiger partial charge is 0.407 e. The van der Waals surface area contributed by atoms with E-state index in [1.165, 1.54) is 0 Å². The topological polar surface area (TPSA) is 93.5 Å². The number of fused-ring (bicyclic) bond motifs is 3. The Labute approximate surface area is 285 Å². The van der Waals surface area contributed by atoms with Crippen molar-refractivity contribution < 1.29 is 19.4 Å². The molecule has 1 atom stereocenters. The molecule has 0 fully saturated rings. The number of aliphatic carboxylic acids is 1. The average Bonchev–Trinajstić information content (AvgIpc) is 3.74. The number of ether oxygens (including phenoxy) is 1. The molecule has 0 aliphatic heterocycles. The first-order valence-corrected chi connectivity index (χ1v) is 16.5. The number of rotatable bonds is 11. The highest BCUT2D eigenvalue weighted by molar-refractivity contribution is 5.81. The van der Waals surface area contributed by atoms with Gasteiger partial charge in [0, 0.05) is 17.8 Å². The number of hydrogen-bond acceptors (Lipinski definition) is 4. The molecule has 1 aromatic heterocycles. The van der Waals surface area contributed by atoms with Crippen molar-refractivity contribution in [2.24, 2.45) is 0 Å². The number of aromatic nitrogens is 2. The van der Waals surface area contributed by atoms with Crippen molar-refractivity contribution in [2.75, 3.05) is 6.61 Å². The Morgan fingerprint density at radius 2 is 1.31 bits per heavy atom. The molecule has 6 aromatic rings. The van der Waals surface area contributed by atoms with Gasteiger partial charge in [-0.1, -0.05) is 139 Å². The first-order chi connectivity index (χ1) is 24.0. The van der Waals surface area contributed by atoms with Gasteiger partial charge in [0.1, 0.15) is 18.2 Å². The molecule has 244 valence electrons. The highest BCUT2D eigenvalue weighted by Crippen LogP contribution is 2.45. The second-order valence-electron chi connectivity index (χ2n) is 12.5. The van der Waals surface area contributed by atoms with E-state index in [-0.39, 0.29) is 18.9 Å². The fourth-order valence-corrected chi connectivity index (χ4v) is 7.21. The molecule has 1 heterocycles. The fourth-order valence-electron chi connectivity index (χ4n) is 7.21. The lowest BCUT2D eigenvalue weighted by Crippen LogP contribution is -2.42. The summed E-state index contributed by atoms with van der Waals surface area (Å²) >= 11 is 0. The number of carbonyl (C=O) groups excluding carboxylic acids is 1. The predicted octanol–water partition coefficient (Wildman–Crippen LogP) is 7.96. The lowest BCUT2D eigenvalue weighted by Gasteiger charge is -2.39. The average molecular weight is 648 g/mol. The van der Waals surface area contributed by atoms with Crippen molar-refractivity contribution in [2.45, 2.75) is 37.3 Å². The molecule has 0 spiro atoms. The zero-order chi connectivity index (χ0) is 33.8. The molecule has 1 aliphatic carbocycles. The Morgan fingerprint density at radius 3 is 1.88 bits per heavy atom. The Kier molecular flexibility index (Phi) is 8.81. The normalized spacial score (nSPS) is 12.9. The van der Waals surface area contributed by atoms with Crippen LogP contribution >= 0.6 is 0 Å². The van der Waals surface area contributed by atoms with Crippen LogP contribution in [0.25, 0.3) is 11.1 Å². The first-order valence-electron chi connectivity index (χ1n) is 16.5. The number of benzene rings is 5. The van der Waals surface area contributed by atoms with Crippen LogP contribution in [0.3, 0.4) is 0 Å². The Bertz CT molecular complexity index is 1990. The maximum atomic E-state index is 13.1. The number of alkyl carbamates (subject to hydrolysis) is 1. The van der Waals surface area contributed by atoms with Gasteiger partial charge in [-0.25, -0.2) is 14.6 Å². The van der Waals surface area contributed by atoms with E-state index >= 15 is 0 Å². The number of carboxylic acid groups (broad SMARTS) is 1. The first kappa shape index (κ1) is 31.6. The van der Waals surface area contributed by atoms with Crippen LogP contribution in [-0.2, 0) is 21.5 Å². The summed E-state index contributed by atoms with van der Waals surface area (Å²) in [4.78, 5) is 30.1. The van der Waals surface area contributed by atoms with E-state index in [0.29, 0.717) is 6.42 Å². The molecule has 7 nitrogen and oxygen atoms in total.